The highest BCUT2D eigenvalue weighted by Crippen LogP contribution is 2.29. The van der Waals surface area contributed by atoms with E-state index in [-0.39, 0.29) is 47.8 Å². The van der Waals surface area contributed by atoms with Gasteiger partial charge in [-0.2, -0.15) is 0 Å². The summed E-state index contributed by atoms with van der Waals surface area (Å²) in [6, 6.07) is 30.9. The minimum Gasteiger partial charge on any atom is -0.506 e. The highest BCUT2D eigenvalue weighted by atomic mass is 16.6. The molecule has 286 valence electrons. The summed E-state index contributed by atoms with van der Waals surface area (Å²) in [5, 5.41) is 32.9. The highest BCUT2D eigenvalue weighted by Gasteiger charge is 2.23. The fraction of sp³-hybridized carbons (Fsp3) is 0.286. The number of hydrogen-bond acceptors (Lipinski definition) is 9. The van der Waals surface area contributed by atoms with E-state index in [0.717, 1.165) is 29.8 Å². The molecule has 4 aromatic carbocycles. The number of aliphatic hydroxyl groups excluding tert-OH is 1. The number of phenols is 1. The molecule has 3 amide bonds. The Labute approximate surface area is 318 Å². The lowest BCUT2D eigenvalue weighted by Gasteiger charge is -2.31. The molecule has 0 bridgehead atoms. The fourth-order valence-corrected chi connectivity index (χ4v) is 6.63. The van der Waals surface area contributed by atoms with Gasteiger partial charge in [0, 0.05) is 61.8 Å². The zero-order valence-electron chi connectivity index (χ0n) is 30.4. The van der Waals surface area contributed by atoms with E-state index in [4.69, 9.17) is 4.74 Å². The first kappa shape index (κ1) is 38.7. The smallest absolute Gasteiger partial charge is 0.411 e. The number of nitrogens with one attached hydrogen (secondary N) is 5. The molecular weight excluding hydrogens is 700 g/mol. The van der Waals surface area contributed by atoms with Gasteiger partial charge in [-0.25, -0.2) is 4.79 Å². The number of likely N-dealkylation sites (tertiary alicyclic amines) is 1. The van der Waals surface area contributed by atoms with Crippen molar-refractivity contribution in [3.05, 3.63) is 125 Å². The first-order valence-corrected chi connectivity index (χ1v) is 18.5. The Morgan fingerprint density at radius 3 is 2.38 bits per heavy atom. The van der Waals surface area contributed by atoms with E-state index in [2.05, 4.69) is 31.2 Å². The van der Waals surface area contributed by atoms with E-state index < -0.39 is 12.2 Å². The second-order valence-electron chi connectivity index (χ2n) is 13.5. The van der Waals surface area contributed by atoms with Crippen LogP contribution in [0.4, 0.5) is 16.2 Å². The number of nitrogens with zero attached hydrogens (tertiary/aromatic N) is 1. The average molecular weight is 747 g/mol. The predicted octanol–water partition coefficient (Wildman–Crippen LogP) is 4.92. The number of amides is 3. The van der Waals surface area contributed by atoms with Gasteiger partial charge in [-0.15, -0.1) is 0 Å². The number of ether oxygens (including phenoxy) is 1. The summed E-state index contributed by atoms with van der Waals surface area (Å²) in [5.41, 5.74) is 4.74. The van der Waals surface area contributed by atoms with E-state index in [0.29, 0.717) is 61.1 Å². The minimum absolute atomic E-state index is 0.00282. The molecule has 1 aromatic heterocycles. The number of para-hydroxylation sites is 1. The number of hydrogen-bond donors (Lipinski definition) is 7. The van der Waals surface area contributed by atoms with Gasteiger partial charge in [0.05, 0.1) is 23.9 Å². The predicted molar refractivity (Wildman–Crippen MR) is 212 cm³/mol. The number of anilines is 2. The van der Waals surface area contributed by atoms with Gasteiger partial charge in [0.1, 0.15) is 11.9 Å². The largest absolute Gasteiger partial charge is 0.506 e. The average Bonchev–Trinajstić information content (AvgIpc) is 3.19. The van der Waals surface area contributed by atoms with Gasteiger partial charge >= 0.3 is 6.09 Å². The molecule has 1 aliphatic heterocycles. The van der Waals surface area contributed by atoms with Gasteiger partial charge in [0.25, 0.3) is 0 Å². The Kier molecular flexibility index (Phi) is 13.3. The molecular formula is C42H46N6O7. The van der Waals surface area contributed by atoms with Gasteiger partial charge in [-0.05, 0) is 66.3 Å². The quantitative estimate of drug-likeness (QED) is 0.0781. The summed E-state index contributed by atoms with van der Waals surface area (Å²) in [4.78, 5) is 54.2. The molecule has 0 unspecified atom stereocenters. The summed E-state index contributed by atoms with van der Waals surface area (Å²) in [5.74, 6) is -0.395. The Hall–Kier alpha value is -6.02. The van der Waals surface area contributed by atoms with Crippen molar-refractivity contribution in [1.82, 2.24) is 20.5 Å². The van der Waals surface area contributed by atoms with E-state index in [1.165, 1.54) is 12.1 Å². The third-order valence-electron chi connectivity index (χ3n) is 9.57. The van der Waals surface area contributed by atoms with Crippen LogP contribution in [0.25, 0.3) is 22.0 Å². The Morgan fingerprint density at radius 1 is 0.855 bits per heavy atom. The number of piperidine rings is 1. The minimum atomic E-state index is -0.963. The number of pyridine rings is 1. The number of benzene rings is 4. The van der Waals surface area contributed by atoms with Crippen LogP contribution in [0.15, 0.2) is 108 Å². The second kappa shape index (κ2) is 18.8. The van der Waals surface area contributed by atoms with Gasteiger partial charge in [-0.3, -0.25) is 19.7 Å². The Morgan fingerprint density at radius 2 is 1.60 bits per heavy atom. The van der Waals surface area contributed by atoms with Crippen molar-refractivity contribution in [2.45, 2.75) is 37.9 Å². The van der Waals surface area contributed by atoms with Crippen molar-refractivity contribution in [1.29, 1.82) is 0 Å². The third-order valence-corrected chi connectivity index (χ3v) is 9.57. The number of rotatable bonds is 15. The van der Waals surface area contributed by atoms with Crippen molar-refractivity contribution in [2.75, 3.05) is 49.9 Å². The summed E-state index contributed by atoms with van der Waals surface area (Å²) in [7, 11) is 0. The lowest BCUT2D eigenvalue weighted by molar-refractivity contribution is -0.120. The van der Waals surface area contributed by atoms with Gasteiger partial charge in [-0.1, -0.05) is 66.7 Å². The molecule has 1 aliphatic rings. The number of aromatic amines is 1. The number of aromatic hydroxyl groups is 1. The molecule has 13 heteroatoms. The number of carbonyl (C=O) groups excluding carboxylic acids is 3. The molecule has 1 saturated heterocycles. The van der Waals surface area contributed by atoms with Crippen LogP contribution in [-0.2, 0) is 20.7 Å². The normalized spacial score (nSPS) is 13.9. The maximum Gasteiger partial charge on any atom is 0.411 e. The van der Waals surface area contributed by atoms with Crippen molar-refractivity contribution in [2.24, 2.45) is 0 Å². The van der Waals surface area contributed by atoms with Gasteiger partial charge < -0.3 is 40.8 Å². The number of carbonyl (C=O) groups is 3. The van der Waals surface area contributed by atoms with Crippen LogP contribution in [0.1, 0.15) is 36.5 Å². The monoisotopic (exact) mass is 746 g/mol. The Balaban J connectivity index is 0.835. The number of fused-ring (bicyclic) bond motifs is 1. The van der Waals surface area contributed by atoms with Crippen LogP contribution >= 0.6 is 0 Å². The SMILES string of the molecule is O=C(CNC[C@H](O)c1ccc(O)c2[nH]c(=O)ccc12)NCCc1ccc(NC(=O)CCN2CCC(OC(=O)Nc3ccccc3-c3ccccc3)CC2)cc1. The van der Waals surface area contributed by atoms with Gasteiger partial charge in [0.2, 0.25) is 17.4 Å². The van der Waals surface area contributed by atoms with Crippen LogP contribution in [0, 0.1) is 0 Å². The van der Waals surface area contributed by atoms with Crippen molar-refractivity contribution in [3.63, 3.8) is 0 Å². The van der Waals surface area contributed by atoms with Crippen molar-refractivity contribution >= 4 is 40.2 Å². The zero-order chi connectivity index (χ0) is 38.6. The summed E-state index contributed by atoms with van der Waals surface area (Å²) < 4.78 is 5.74. The first-order valence-electron chi connectivity index (χ1n) is 18.5. The number of aromatic nitrogens is 1. The standard InChI is InChI=1S/C42H46N6O7/c49-36-16-14-33(34-15-17-38(51)47-41(34)36)37(50)26-43-27-40(53)44-22-18-28-10-12-30(13-11-28)45-39(52)21-25-48-23-19-31(20-24-48)55-42(54)46-35-9-5-4-8-32(35)29-6-2-1-3-7-29/h1-17,31,37,43,49-50H,18-27H2,(H,44,53)(H,45,52)(H,46,54)(H,47,51)/t37-/m0/s1. The van der Waals surface area contributed by atoms with Crippen LogP contribution < -0.4 is 26.8 Å². The third kappa shape index (κ3) is 11.0. The molecule has 0 spiro atoms. The first-order chi connectivity index (χ1) is 26.7. The van der Waals surface area contributed by atoms with Crippen LogP contribution in [-0.4, -0.2) is 83.4 Å². The van der Waals surface area contributed by atoms with Crippen LogP contribution in [0.3, 0.4) is 0 Å². The van der Waals surface area contributed by atoms with Gasteiger partial charge in [0.15, 0.2) is 0 Å². The lowest BCUT2D eigenvalue weighted by Crippen LogP contribution is -2.39. The molecule has 13 nitrogen and oxygen atoms in total. The highest BCUT2D eigenvalue weighted by molar-refractivity contribution is 5.92. The summed E-state index contributed by atoms with van der Waals surface area (Å²) >= 11 is 0. The topological polar surface area (TPSA) is 185 Å². The molecule has 0 radical (unpaired) electrons. The molecule has 0 saturated carbocycles. The number of aliphatic hydroxyl groups is 1. The van der Waals surface area contributed by atoms with E-state index in [1.807, 2.05) is 78.9 Å². The number of phenolic OH excluding ortho intramolecular Hbond substituents is 1. The molecule has 55 heavy (non-hydrogen) atoms. The molecule has 2 heterocycles. The maximum absolute atomic E-state index is 12.7. The fourth-order valence-electron chi connectivity index (χ4n) is 6.63. The zero-order valence-corrected chi connectivity index (χ0v) is 30.4. The molecule has 0 aliphatic carbocycles. The second-order valence-corrected chi connectivity index (χ2v) is 13.5. The molecule has 5 aromatic rings. The van der Waals surface area contributed by atoms with Crippen molar-refractivity contribution < 1.29 is 29.3 Å². The molecule has 7 N–H and O–H groups in total. The lowest BCUT2D eigenvalue weighted by atomic mass is 10.0. The van der Waals surface area contributed by atoms with E-state index in [1.54, 1.807) is 12.1 Å². The molecule has 6 rings (SSSR count). The number of H-pyrrole nitrogens is 1. The van der Waals surface area contributed by atoms with Crippen LogP contribution in [0.2, 0.25) is 0 Å². The molecule has 1 atom stereocenters. The summed E-state index contributed by atoms with van der Waals surface area (Å²) in [6.45, 7) is 2.59. The summed E-state index contributed by atoms with van der Waals surface area (Å²) in [6.07, 6.45) is 0.708. The van der Waals surface area contributed by atoms with E-state index in [9.17, 15) is 29.4 Å². The van der Waals surface area contributed by atoms with E-state index >= 15 is 0 Å². The van der Waals surface area contributed by atoms with Crippen molar-refractivity contribution in [3.8, 4) is 16.9 Å². The maximum atomic E-state index is 12.7. The van der Waals surface area contributed by atoms with Crippen LogP contribution in [0.5, 0.6) is 5.75 Å². The molecule has 1 fully saturated rings. The Bertz CT molecular complexity index is 2130.